The van der Waals surface area contributed by atoms with E-state index in [2.05, 4.69) is 0 Å². The van der Waals surface area contributed by atoms with Crippen LogP contribution in [0.2, 0.25) is 0 Å². The van der Waals surface area contributed by atoms with E-state index < -0.39 is 28.3 Å². The smallest absolute Gasteiger partial charge is 0.416 e. The highest BCUT2D eigenvalue weighted by atomic mass is 19.4. The second-order valence-corrected chi connectivity index (χ2v) is 3.20. The summed E-state index contributed by atoms with van der Waals surface area (Å²) in [5.41, 5.74) is -2.18. The summed E-state index contributed by atoms with van der Waals surface area (Å²) >= 11 is 0. The first kappa shape index (κ1) is 13.7. The van der Waals surface area contributed by atoms with Gasteiger partial charge in [0.25, 0.3) is 5.69 Å². The Hall–Kier alpha value is -2.38. The van der Waals surface area contributed by atoms with Gasteiger partial charge in [-0.1, -0.05) is 0 Å². The lowest BCUT2D eigenvalue weighted by atomic mass is 10.1. The molecule has 0 radical (unpaired) electrons. The van der Waals surface area contributed by atoms with Gasteiger partial charge in [0.15, 0.2) is 0 Å². The van der Waals surface area contributed by atoms with Gasteiger partial charge in [-0.25, -0.2) is 4.79 Å². The lowest BCUT2D eigenvalue weighted by Gasteiger charge is -2.06. The third kappa shape index (κ3) is 3.30. The number of nitro groups is 1. The summed E-state index contributed by atoms with van der Waals surface area (Å²) in [5.74, 6) is -1.36. The van der Waals surface area contributed by atoms with Gasteiger partial charge in [0.1, 0.15) is 0 Å². The molecular formula is C10H6F3NO4. The van der Waals surface area contributed by atoms with Gasteiger partial charge in [0.05, 0.1) is 16.1 Å². The summed E-state index contributed by atoms with van der Waals surface area (Å²) in [4.78, 5) is 19.8. The summed E-state index contributed by atoms with van der Waals surface area (Å²) in [6, 6.07) is 1.86. The van der Waals surface area contributed by atoms with Crippen LogP contribution in [0.3, 0.4) is 0 Å². The van der Waals surface area contributed by atoms with Gasteiger partial charge in [-0.05, 0) is 18.2 Å². The average molecular weight is 261 g/mol. The van der Waals surface area contributed by atoms with E-state index >= 15 is 0 Å². The molecule has 0 bridgehead atoms. The number of rotatable bonds is 3. The number of aliphatic carboxylic acids is 1. The lowest BCUT2D eigenvalue weighted by molar-refractivity contribution is -0.385. The quantitative estimate of drug-likeness (QED) is 0.515. The number of benzene rings is 1. The van der Waals surface area contributed by atoms with E-state index in [-0.39, 0.29) is 5.56 Å². The first-order valence-corrected chi connectivity index (χ1v) is 4.48. The highest BCUT2D eigenvalue weighted by molar-refractivity contribution is 5.86. The maximum atomic E-state index is 12.3. The summed E-state index contributed by atoms with van der Waals surface area (Å²) in [7, 11) is 0. The van der Waals surface area contributed by atoms with Gasteiger partial charge in [-0.15, -0.1) is 0 Å². The molecule has 0 spiro atoms. The second-order valence-electron chi connectivity index (χ2n) is 3.20. The number of hydrogen-bond acceptors (Lipinski definition) is 3. The van der Waals surface area contributed by atoms with E-state index in [9.17, 15) is 28.1 Å². The molecule has 0 heterocycles. The third-order valence-electron chi connectivity index (χ3n) is 1.96. The number of halogens is 3. The largest absolute Gasteiger partial charge is 0.478 e. The Morgan fingerprint density at radius 2 is 2.00 bits per heavy atom. The van der Waals surface area contributed by atoms with Gasteiger partial charge in [0.2, 0.25) is 0 Å². The predicted octanol–water partition coefficient (Wildman–Crippen LogP) is 2.71. The van der Waals surface area contributed by atoms with Crippen LogP contribution in [0.4, 0.5) is 18.9 Å². The van der Waals surface area contributed by atoms with Gasteiger partial charge in [-0.3, -0.25) is 10.1 Å². The Kier molecular flexibility index (Phi) is 3.70. The molecule has 1 rings (SSSR count). The van der Waals surface area contributed by atoms with Crippen molar-refractivity contribution in [1.29, 1.82) is 0 Å². The molecule has 0 amide bonds. The fourth-order valence-corrected chi connectivity index (χ4v) is 1.18. The van der Waals surface area contributed by atoms with Crippen molar-refractivity contribution < 1.29 is 28.0 Å². The van der Waals surface area contributed by atoms with Crippen LogP contribution in [-0.4, -0.2) is 16.0 Å². The second kappa shape index (κ2) is 4.86. The number of hydrogen-bond donors (Lipinski definition) is 1. The van der Waals surface area contributed by atoms with E-state index in [1.54, 1.807) is 0 Å². The summed E-state index contributed by atoms with van der Waals surface area (Å²) in [6.45, 7) is 0. The molecule has 96 valence electrons. The van der Waals surface area contributed by atoms with Crippen LogP contribution in [0.15, 0.2) is 24.3 Å². The third-order valence-corrected chi connectivity index (χ3v) is 1.96. The minimum atomic E-state index is -4.69. The zero-order valence-electron chi connectivity index (χ0n) is 8.64. The van der Waals surface area contributed by atoms with E-state index in [0.29, 0.717) is 18.2 Å². The normalized spacial score (nSPS) is 11.7. The molecule has 0 aliphatic carbocycles. The maximum absolute atomic E-state index is 12.3. The zero-order chi connectivity index (χ0) is 13.9. The monoisotopic (exact) mass is 261 g/mol. The molecule has 0 saturated heterocycles. The average Bonchev–Trinajstić information content (AvgIpc) is 2.24. The molecule has 0 unspecified atom stereocenters. The van der Waals surface area contributed by atoms with E-state index in [1.807, 2.05) is 0 Å². The van der Waals surface area contributed by atoms with Crippen LogP contribution in [0, 0.1) is 10.1 Å². The van der Waals surface area contributed by atoms with Crippen molar-refractivity contribution in [3.05, 3.63) is 45.5 Å². The molecule has 0 atom stereocenters. The van der Waals surface area contributed by atoms with Crippen LogP contribution in [-0.2, 0) is 11.0 Å². The number of nitro benzene ring substituents is 1. The van der Waals surface area contributed by atoms with Gasteiger partial charge < -0.3 is 5.11 Å². The lowest BCUT2D eigenvalue weighted by Crippen LogP contribution is -2.06. The number of nitrogens with zero attached hydrogens (tertiary/aromatic N) is 1. The molecule has 1 N–H and O–H groups in total. The summed E-state index contributed by atoms with van der Waals surface area (Å²) < 4.78 is 37.0. The van der Waals surface area contributed by atoms with E-state index in [4.69, 9.17) is 5.11 Å². The Labute approximate surface area is 98.3 Å². The Morgan fingerprint density at radius 1 is 1.39 bits per heavy atom. The number of carbonyl (C=O) groups is 1. The van der Waals surface area contributed by atoms with Crippen molar-refractivity contribution in [2.45, 2.75) is 6.18 Å². The minimum Gasteiger partial charge on any atom is -0.478 e. The molecule has 0 aliphatic heterocycles. The standard InChI is InChI=1S/C10H6F3NO4/c11-10(12,13)7-3-1-6(2-4-9(15)16)8(5-7)14(17)18/h1-5H,(H,15,16)/b4-2+. The first-order valence-electron chi connectivity index (χ1n) is 4.48. The number of carboxylic acid groups (broad SMARTS) is 1. The van der Waals surface area contributed by atoms with Crippen LogP contribution in [0.1, 0.15) is 11.1 Å². The topological polar surface area (TPSA) is 80.4 Å². The van der Waals surface area contributed by atoms with Crippen molar-refractivity contribution in [1.82, 2.24) is 0 Å². The fourth-order valence-electron chi connectivity index (χ4n) is 1.18. The summed E-state index contributed by atoms with van der Waals surface area (Å²) in [5, 5.41) is 19.0. The molecule has 0 aliphatic rings. The van der Waals surface area contributed by atoms with Crippen LogP contribution < -0.4 is 0 Å². The van der Waals surface area contributed by atoms with Crippen molar-refractivity contribution in [2.75, 3.05) is 0 Å². The zero-order valence-corrected chi connectivity index (χ0v) is 8.64. The van der Waals surface area contributed by atoms with Crippen molar-refractivity contribution >= 4 is 17.7 Å². The molecule has 0 aromatic heterocycles. The molecule has 5 nitrogen and oxygen atoms in total. The molecular weight excluding hydrogens is 255 g/mol. The Balaban J connectivity index is 3.30. The van der Waals surface area contributed by atoms with Crippen LogP contribution >= 0.6 is 0 Å². The molecule has 18 heavy (non-hydrogen) atoms. The summed E-state index contributed by atoms with van der Waals surface area (Å²) in [6.07, 6.45) is -3.23. The fraction of sp³-hybridized carbons (Fsp3) is 0.100. The Bertz CT molecular complexity index is 522. The van der Waals surface area contributed by atoms with Crippen molar-refractivity contribution in [2.24, 2.45) is 0 Å². The predicted molar refractivity (Wildman–Crippen MR) is 54.8 cm³/mol. The first-order chi connectivity index (χ1) is 8.21. The van der Waals surface area contributed by atoms with Gasteiger partial charge >= 0.3 is 12.1 Å². The molecule has 1 aromatic carbocycles. The number of alkyl halides is 3. The van der Waals surface area contributed by atoms with Crippen LogP contribution in [0.5, 0.6) is 0 Å². The molecule has 0 fully saturated rings. The molecule has 1 aromatic rings. The number of carboxylic acids is 1. The van der Waals surface area contributed by atoms with Crippen molar-refractivity contribution in [3.8, 4) is 0 Å². The van der Waals surface area contributed by atoms with Gasteiger partial charge in [-0.2, -0.15) is 13.2 Å². The van der Waals surface area contributed by atoms with E-state index in [1.165, 1.54) is 0 Å². The van der Waals surface area contributed by atoms with E-state index in [0.717, 1.165) is 12.1 Å². The molecule has 0 saturated carbocycles. The highest BCUT2D eigenvalue weighted by Crippen LogP contribution is 2.33. The molecule has 8 heteroatoms. The van der Waals surface area contributed by atoms with Gasteiger partial charge in [0, 0.05) is 12.1 Å². The SMILES string of the molecule is O=C(O)/C=C/c1ccc(C(F)(F)F)cc1[N+](=O)[O-]. The highest BCUT2D eigenvalue weighted by Gasteiger charge is 2.32. The minimum absolute atomic E-state index is 0.213. The maximum Gasteiger partial charge on any atom is 0.416 e. The van der Waals surface area contributed by atoms with Crippen LogP contribution in [0.25, 0.3) is 6.08 Å². The van der Waals surface area contributed by atoms with Crippen molar-refractivity contribution in [3.63, 3.8) is 0 Å². The Morgan fingerprint density at radius 3 is 2.44 bits per heavy atom.